The average Bonchev–Trinajstić information content (AvgIpc) is 3.23. The molecule has 5 atom stereocenters. The quantitative estimate of drug-likeness (QED) is 0.284. The van der Waals surface area contributed by atoms with E-state index in [2.05, 4.69) is 0 Å². The highest BCUT2D eigenvalue weighted by molar-refractivity contribution is 7.99. The van der Waals surface area contributed by atoms with Crippen molar-refractivity contribution >= 4 is 35.5 Å². The van der Waals surface area contributed by atoms with E-state index in [0.717, 1.165) is 0 Å². The fourth-order valence-electron chi connectivity index (χ4n) is 4.42. The van der Waals surface area contributed by atoms with E-state index < -0.39 is 34.6 Å². The van der Waals surface area contributed by atoms with E-state index in [1.165, 1.54) is 40.9 Å². The number of ether oxygens (including phenoxy) is 3. The molecule has 0 bridgehead atoms. The normalized spacial score (nSPS) is 32.1. The van der Waals surface area contributed by atoms with Gasteiger partial charge in [-0.1, -0.05) is 0 Å². The first-order chi connectivity index (χ1) is 14.2. The standard InChI is InChI=1S/C19H20N2O8S/c1-19(9-28-18(24)29-19)14-12-7-13(30-2)15(20(12)16(14)22)17(23)27-8-10-3-5-11(6-4-10)21(25)26/h3-6,12-15H,7-9H2,1-2H3. The summed E-state index contributed by atoms with van der Waals surface area (Å²) < 4.78 is 15.6. The van der Waals surface area contributed by atoms with Gasteiger partial charge in [0.1, 0.15) is 25.2 Å². The Bertz CT molecular complexity index is 906. The van der Waals surface area contributed by atoms with Crippen LogP contribution in [0.3, 0.4) is 0 Å². The van der Waals surface area contributed by atoms with Gasteiger partial charge in [0.2, 0.25) is 5.91 Å². The second kappa shape index (κ2) is 7.46. The minimum absolute atomic E-state index is 0.00573. The van der Waals surface area contributed by atoms with E-state index in [1.807, 2.05) is 6.26 Å². The molecule has 5 unspecified atom stereocenters. The summed E-state index contributed by atoms with van der Waals surface area (Å²) in [7, 11) is 0. The second-order valence-electron chi connectivity index (χ2n) is 7.73. The lowest BCUT2D eigenvalue weighted by Crippen LogP contribution is -2.68. The van der Waals surface area contributed by atoms with E-state index in [0.29, 0.717) is 12.0 Å². The van der Waals surface area contributed by atoms with Crippen LogP contribution in [0.5, 0.6) is 0 Å². The van der Waals surface area contributed by atoms with Gasteiger partial charge in [0.15, 0.2) is 5.60 Å². The van der Waals surface area contributed by atoms with Gasteiger partial charge >= 0.3 is 12.1 Å². The molecule has 0 spiro atoms. The number of hydrogen-bond donors (Lipinski definition) is 0. The van der Waals surface area contributed by atoms with Crippen LogP contribution >= 0.6 is 11.8 Å². The monoisotopic (exact) mass is 436 g/mol. The van der Waals surface area contributed by atoms with Crippen LogP contribution in [0.4, 0.5) is 10.5 Å². The lowest BCUT2D eigenvalue weighted by Gasteiger charge is -2.49. The van der Waals surface area contributed by atoms with Gasteiger partial charge in [0.25, 0.3) is 5.69 Å². The van der Waals surface area contributed by atoms with Gasteiger partial charge in [0.05, 0.1) is 4.92 Å². The highest BCUT2D eigenvalue weighted by Gasteiger charge is 2.67. The van der Waals surface area contributed by atoms with Crippen molar-refractivity contribution in [3.05, 3.63) is 39.9 Å². The molecule has 0 aliphatic carbocycles. The molecule has 11 heteroatoms. The van der Waals surface area contributed by atoms with Crippen LogP contribution < -0.4 is 0 Å². The summed E-state index contributed by atoms with van der Waals surface area (Å²) in [5, 5.41) is 10.6. The average molecular weight is 436 g/mol. The lowest BCUT2D eigenvalue weighted by atomic mass is 9.75. The molecule has 0 saturated carbocycles. The SMILES string of the molecule is CSC1CC2C(C3(C)COC(=O)O3)C(=O)N2C1C(=O)OCc1ccc([N+](=O)[O-])cc1. The van der Waals surface area contributed by atoms with Crippen molar-refractivity contribution in [1.82, 2.24) is 4.90 Å². The fraction of sp³-hybridized carbons (Fsp3) is 0.526. The number of benzene rings is 1. The van der Waals surface area contributed by atoms with Crippen molar-refractivity contribution in [2.45, 2.75) is 42.9 Å². The maximum Gasteiger partial charge on any atom is 0.509 e. The van der Waals surface area contributed by atoms with Gasteiger partial charge in [-0.15, -0.1) is 0 Å². The molecule has 10 nitrogen and oxygen atoms in total. The molecule has 1 aromatic rings. The van der Waals surface area contributed by atoms with Crippen molar-refractivity contribution in [2.75, 3.05) is 12.9 Å². The predicted molar refractivity (Wildman–Crippen MR) is 104 cm³/mol. The van der Waals surface area contributed by atoms with Gasteiger partial charge in [-0.25, -0.2) is 9.59 Å². The van der Waals surface area contributed by atoms with E-state index in [-0.39, 0.29) is 36.1 Å². The lowest BCUT2D eigenvalue weighted by molar-refractivity contribution is -0.384. The highest BCUT2D eigenvalue weighted by atomic mass is 32.2. The molecule has 3 aliphatic rings. The maximum absolute atomic E-state index is 12.9. The Kier molecular flexibility index (Phi) is 5.08. The Morgan fingerprint density at radius 2 is 2.07 bits per heavy atom. The Hall–Kier alpha value is -2.82. The first-order valence-corrected chi connectivity index (χ1v) is 10.6. The van der Waals surface area contributed by atoms with Crippen molar-refractivity contribution in [3.8, 4) is 0 Å². The third-order valence-electron chi connectivity index (χ3n) is 5.91. The van der Waals surface area contributed by atoms with Crippen LogP contribution in [-0.4, -0.2) is 63.7 Å². The largest absolute Gasteiger partial charge is 0.509 e. The first kappa shape index (κ1) is 20.5. The number of fused-ring (bicyclic) bond motifs is 1. The van der Waals surface area contributed by atoms with E-state index in [9.17, 15) is 24.5 Å². The number of carbonyl (C=O) groups is 3. The molecular formula is C19H20N2O8S. The van der Waals surface area contributed by atoms with Crippen molar-refractivity contribution < 1.29 is 33.5 Å². The molecule has 160 valence electrons. The topological polar surface area (TPSA) is 125 Å². The number of cyclic esters (lactones) is 2. The summed E-state index contributed by atoms with van der Waals surface area (Å²) in [6.45, 7) is 1.63. The van der Waals surface area contributed by atoms with Gasteiger partial charge in [-0.2, -0.15) is 11.8 Å². The molecule has 1 aromatic carbocycles. The molecule has 3 fully saturated rings. The zero-order valence-corrected chi connectivity index (χ0v) is 17.1. The summed E-state index contributed by atoms with van der Waals surface area (Å²) in [6.07, 6.45) is 1.66. The Morgan fingerprint density at radius 1 is 1.37 bits per heavy atom. The minimum atomic E-state index is -1.03. The van der Waals surface area contributed by atoms with Gasteiger partial charge in [0, 0.05) is 23.4 Å². The number of thioether (sulfide) groups is 1. The number of amides is 1. The molecule has 0 aromatic heterocycles. The van der Waals surface area contributed by atoms with E-state index >= 15 is 0 Å². The zero-order chi connectivity index (χ0) is 21.6. The minimum Gasteiger partial charge on any atom is -0.459 e. The summed E-state index contributed by atoms with van der Waals surface area (Å²) >= 11 is 1.48. The van der Waals surface area contributed by atoms with Crippen LogP contribution in [0, 0.1) is 16.0 Å². The molecule has 0 radical (unpaired) electrons. The number of nitro groups is 1. The van der Waals surface area contributed by atoms with Crippen LogP contribution in [0.15, 0.2) is 24.3 Å². The number of β-lactam (4-membered cyclic amide) rings is 1. The molecule has 30 heavy (non-hydrogen) atoms. The van der Waals surface area contributed by atoms with E-state index in [4.69, 9.17) is 14.2 Å². The number of rotatable bonds is 6. The number of nitro benzene ring substituents is 1. The fourth-order valence-corrected chi connectivity index (χ4v) is 5.31. The number of non-ortho nitro benzene ring substituents is 1. The van der Waals surface area contributed by atoms with Crippen LogP contribution in [0.2, 0.25) is 0 Å². The van der Waals surface area contributed by atoms with Crippen molar-refractivity contribution in [3.63, 3.8) is 0 Å². The smallest absolute Gasteiger partial charge is 0.459 e. The van der Waals surface area contributed by atoms with Gasteiger partial charge in [-0.3, -0.25) is 14.9 Å². The summed E-state index contributed by atoms with van der Waals surface area (Å²) in [5.74, 6) is -1.33. The molecular weight excluding hydrogens is 416 g/mol. The van der Waals surface area contributed by atoms with Crippen LogP contribution in [0.1, 0.15) is 18.9 Å². The Morgan fingerprint density at radius 3 is 2.63 bits per heavy atom. The third kappa shape index (κ3) is 3.26. The molecule has 3 saturated heterocycles. The Balaban J connectivity index is 1.43. The molecule has 1 amide bonds. The van der Waals surface area contributed by atoms with Gasteiger partial charge in [-0.05, 0) is 37.3 Å². The predicted octanol–water partition coefficient (Wildman–Crippen LogP) is 1.89. The third-order valence-corrected chi connectivity index (χ3v) is 6.97. The molecule has 3 heterocycles. The number of esters is 1. The highest BCUT2D eigenvalue weighted by Crippen LogP contribution is 2.49. The number of nitrogens with zero attached hydrogens (tertiary/aromatic N) is 2. The van der Waals surface area contributed by atoms with Crippen LogP contribution in [0.25, 0.3) is 0 Å². The summed E-state index contributed by atoms with van der Waals surface area (Å²) in [4.78, 5) is 48.9. The summed E-state index contributed by atoms with van der Waals surface area (Å²) in [6, 6.07) is 4.77. The number of hydrogen-bond acceptors (Lipinski definition) is 9. The van der Waals surface area contributed by atoms with E-state index in [1.54, 1.807) is 6.92 Å². The summed E-state index contributed by atoms with van der Waals surface area (Å²) in [5.41, 5.74) is -0.469. The first-order valence-electron chi connectivity index (χ1n) is 9.36. The van der Waals surface area contributed by atoms with Crippen molar-refractivity contribution in [2.24, 2.45) is 5.92 Å². The van der Waals surface area contributed by atoms with Crippen molar-refractivity contribution in [1.29, 1.82) is 0 Å². The molecule has 0 N–H and O–H groups in total. The molecule has 4 rings (SSSR count). The molecule has 3 aliphatic heterocycles. The maximum atomic E-state index is 12.9. The second-order valence-corrected chi connectivity index (χ2v) is 8.81. The number of carbonyl (C=O) groups excluding carboxylic acids is 3. The van der Waals surface area contributed by atoms with Crippen LogP contribution in [-0.2, 0) is 30.4 Å². The Labute approximate surface area is 176 Å². The van der Waals surface area contributed by atoms with Gasteiger partial charge < -0.3 is 19.1 Å². The zero-order valence-electron chi connectivity index (χ0n) is 16.3.